The third-order valence-electron chi connectivity index (χ3n) is 3.14. The van der Waals surface area contributed by atoms with Gasteiger partial charge in [-0.15, -0.1) is 0 Å². The van der Waals surface area contributed by atoms with Gasteiger partial charge in [-0.1, -0.05) is 37.3 Å². The molecule has 22 heavy (non-hydrogen) atoms. The van der Waals surface area contributed by atoms with Gasteiger partial charge in [0, 0.05) is 12.6 Å². The first-order valence-electron chi connectivity index (χ1n) is 6.81. The van der Waals surface area contributed by atoms with Crippen molar-refractivity contribution in [2.75, 3.05) is 6.54 Å². The van der Waals surface area contributed by atoms with Gasteiger partial charge < -0.3 is 9.73 Å². The second-order valence-electron chi connectivity index (χ2n) is 4.82. The molecule has 2 rings (SSSR count). The van der Waals surface area contributed by atoms with Crippen molar-refractivity contribution in [3.63, 3.8) is 0 Å². The fourth-order valence-corrected chi connectivity index (χ4v) is 1.90. The highest BCUT2D eigenvalue weighted by Crippen LogP contribution is 2.16. The molecule has 6 heteroatoms. The molecule has 0 radical (unpaired) electrons. The number of hydrogen-bond acceptors (Lipinski definition) is 4. The Bertz CT molecular complexity index is 676. The number of nitrogens with one attached hydrogen (secondary N) is 1. The van der Waals surface area contributed by atoms with Crippen LogP contribution in [0.15, 0.2) is 53.0 Å². The van der Waals surface area contributed by atoms with Gasteiger partial charge in [0.2, 0.25) is 5.91 Å². The summed E-state index contributed by atoms with van der Waals surface area (Å²) in [6.45, 7) is 2.53. The van der Waals surface area contributed by atoms with Gasteiger partial charge in [-0.2, -0.15) is 0 Å². The predicted molar refractivity (Wildman–Crippen MR) is 82.3 cm³/mol. The lowest BCUT2D eigenvalue weighted by molar-refractivity contribution is -0.402. The smallest absolute Gasteiger partial charge is 0.401 e. The molecule has 6 nitrogen and oxygen atoms in total. The topological polar surface area (TPSA) is 85.4 Å². The maximum Gasteiger partial charge on any atom is 0.433 e. The Morgan fingerprint density at radius 2 is 2.05 bits per heavy atom. The van der Waals surface area contributed by atoms with Crippen molar-refractivity contribution in [2.45, 2.75) is 12.8 Å². The molecule has 0 aliphatic rings. The van der Waals surface area contributed by atoms with Crippen LogP contribution in [0.25, 0.3) is 6.08 Å². The van der Waals surface area contributed by atoms with E-state index in [9.17, 15) is 14.9 Å². The molecule has 1 atom stereocenters. The summed E-state index contributed by atoms with van der Waals surface area (Å²) in [4.78, 5) is 21.6. The van der Waals surface area contributed by atoms with Crippen LogP contribution in [0.4, 0.5) is 5.88 Å². The summed E-state index contributed by atoms with van der Waals surface area (Å²) in [5, 5.41) is 13.3. The fourth-order valence-electron chi connectivity index (χ4n) is 1.90. The third kappa shape index (κ3) is 4.31. The summed E-state index contributed by atoms with van der Waals surface area (Å²) in [5.74, 6) is -0.166. The molecule has 1 N–H and O–H groups in total. The molecule has 0 aliphatic heterocycles. The highest BCUT2D eigenvalue weighted by Gasteiger charge is 2.10. The van der Waals surface area contributed by atoms with E-state index in [4.69, 9.17) is 4.42 Å². The van der Waals surface area contributed by atoms with Crippen LogP contribution in [-0.4, -0.2) is 17.4 Å². The molecule has 114 valence electrons. The Hall–Kier alpha value is -2.89. The van der Waals surface area contributed by atoms with Crippen LogP contribution in [0, 0.1) is 10.1 Å². The van der Waals surface area contributed by atoms with E-state index in [0.717, 1.165) is 5.56 Å². The van der Waals surface area contributed by atoms with Crippen molar-refractivity contribution in [3.05, 3.63) is 70.0 Å². The number of nitro groups is 1. The Labute approximate surface area is 127 Å². The molecule has 1 heterocycles. The number of furan rings is 1. The normalized spacial score (nSPS) is 12.2. The van der Waals surface area contributed by atoms with Crippen molar-refractivity contribution >= 4 is 17.9 Å². The molecule has 1 amide bonds. The van der Waals surface area contributed by atoms with E-state index >= 15 is 0 Å². The van der Waals surface area contributed by atoms with E-state index in [1.807, 2.05) is 37.3 Å². The van der Waals surface area contributed by atoms with Crippen molar-refractivity contribution in [1.29, 1.82) is 0 Å². The molecule has 0 spiro atoms. The first-order chi connectivity index (χ1) is 10.6. The molecule has 0 saturated heterocycles. The average molecular weight is 300 g/mol. The zero-order valence-corrected chi connectivity index (χ0v) is 12.1. The van der Waals surface area contributed by atoms with E-state index in [1.54, 1.807) is 0 Å². The van der Waals surface area contributed by atoms with Gasteiger partial charge >= 0.3 is 5.88 Å². The van der Waals surface area contributed by atoms with E-state index in [1.165, 1.54) is 24.3 Å². The largest absolute Gasteiger partial charge is 0.433 e. The number of carbonyl (C=O) groups is 1. The molecular weight excluding hydrogens is 284 g/mol. The van der Waals surface area contributed by atoms with Crippen molar-refractivity contribution in [2.24, 2.45) is 0 Å². The summed E-state index contributed by atoms with van der Waals surface area (Å²) in [7, 11) is 0. The Morgan fingerprint density at radius 1 is 1.32 bits per heavy atom. The molecule has 2 aromatic rings. The van der Waals surface area contributed by atoms with Crippen LogP contribution in [0.5, 0.6) is 0 Å². The first-order valence-corrected chi connectivity index (χ1v) is 6.81. The highest BCUT2D eigenvalue weighted by atomic mass is 16.6. The van der Waals surface area contributed by atoms with E-state index in [0.29, 0.717) is 6.54 Å². The Balaban J connectivity index is 1.84. The van der Waals surface area contributed by atoms with E-state index in [2.05, 4.69) is 5.32 Å². The molecule has 0 saturated carbocycles. The monoisotopic (exact) mass is 300 g/mol. The van der Waals surface area contributed by atoms with Gasteiger partial charge in [0.25, 0.3) is 0 Å². The lowest BCUT2D eigenvalue weighted by Gasteiger charge is -2.11. The van der Waals surface area contributed by atoms with Crippen LogP contribution in [-0.2, 0) is 4.79 Å². The lowest BCUT2D eigenvalue weighted by Crippen LogP contribution is -2.25. The lowest BCUT2D eigenvalue weighted by atomic mass is 10.0. The minimum Gasteiger partial charge on any atom is -0.401 e. The van der Waals surface area contributed by atoms with Gasteiger partial charge in [-0.25, -0.2) is 0 Å². The zero-order chi connectivity index (χ0) is 15.9. The van der Waals surface area contributed by atoms with Gasteiger partial charge in [-0.05, 0) is 23.6 Å². The highest BCUT2D eigenvalue weighted by molar-refractivity contribution is 5.91. The van der Waals surface area contributed by atoms with Gasteiger partial charge in [-0.3, -0.25) is 14.9 Å². The average Bonchev–Trinajstić information content (AvgIpc) is 3.00. The Kier molecular flexibility index (Phi) is 5.08. The molecular formula is C16H16N2O4. The van der Waals surface area contributed by atoms with Gasteiger partial charge in [0.15, 0.2) is 0 Å². The van der Waals surface area contributed by atoms with Crippen LogP contribution >= 0.6 is 0 Å². The molecule has 0 fully saturated rings. The molecule has 1 unspecified atom stereocenters. The van der Waals surface area contributed by atoms with E-state index in [-0.39, 0.29) is 23.5 Å². The summed E-state index contributed by atoms with van der Waals surface area (Å²) in [5.41, 5.74) is 1.15. The van der Waals surface area contributed by atoms with Crippen molar-refractivity contribution in [1.82, 2.24) is 5.32 Å². The number of amides is 1. The second kappa shape index (κ2) is 7.21. The van der Waals surface area contributed by atoms with Crippen LogP contribution in [0.1, 0.15) is 24.2 Å². The molecule has 1 aromatic heterocycles. The minimum atomic E-state index is -0.626. The standard InChI is InChI=1S/C16H16N2O4/c1-12(13-5-3-2-4-6-13)11-17-15(19)9-7-14-8-10-16(22-14)18(20)21/h2-10,12H,11H2,1H3,(H,17,19)/b9-7+. The third-order valence-corrected chi connectivity index (χ3v) is 3.14. The van der Waals surface area contributed by atoms with Crippen LogP contribution < -0.4 is 5.32 Å². The molecule has 0 bridgehead atoms. The Morgan fingerprint density at radius 3 is 2.68 bits per heavy atom. The molecule has 1 aromatic carbocycles. The van der Waals surface area contributed by atoms with Crippen LogP contribution in [0.2, 0.25) is 0 Å². The number of rotatable bonds is 6. The van der Waals surface area contributed by atoms with Crippen molar-refractivity contribution in [3.8, 4) is 0 Å². The quantitative estimate of drug-likeness (QED) is 0.504. The summed E-state index contributed by atoms with van der Waals surface area (Å²) >= 11 is 0. The second-order valence-corrected chi connectivity index (χ2v) is 4.82. The van der Waals surface area contributed by atoms with Gasteiger partial charge in [0.1, 0.15) is 10.7 Å². The van der Waals surface area contributed by atoms with Crippen LogP contribution in [0.3, 0.4) is 0 Å². The SMILES string of the molecule is CC(CNC(=O)/C=C/c1ccc([N+](=O)[O-])o1)c1ccccc1. The number of nitrogens with zero attached hydrogens (tertiary/aromatic N) is 1. The maximum absolute atomic E-state index is 11.7. The van der Waals surface area contributed by atoms with Crippen molar-refractivity contribution < 1.29 is 14.1 Å². The molecule has 0 aliphatic carbocycles. The minimum absolute atomic E-state index is 0.197. The number of carbonyl (C=O) groups excluding carboxylic acids is 1. The van der Waals surface area contributed by atoms with Gasteiger partial charge in [0.05, 0.1) is 6.07 Å². The number of benzene rings is 1. The first kappa shape index (κ1) is 15.5. The summed E-state index contributed by atoms with van der Waals surface area (Å²) < 4.78 is 4.92. The fraction of sp³-hybridized carbons (Fsp3) is 0.188. The maximum atomic E-state index is 11.7. The number of hydrogen-bond donors (Lipinski definition) is 1. The zero-order valence-electron chi connectivity index (χ0n) is 12.1. The summed E-state index contributed by atoms with van der Waals surface area (Å²) in [6.07, 6.45) is 2.69. The predicted octanol–water partition coefficient (Wildman–Crippen LogP) is 3.12. The summed E-state index contributed by atoms with van der Waals surface area (Å²) in [6, 6.07) is 12.6. The van der Waals surface area contributed by atoms with E-state index < -0.39 is 4.92 Å².